The summed E-state index contributed by atoms with van der Waals surface area (Å²) in [4.78, 5) is 3.84. The number of thiophene rings is 1. The molecule has 2 nitrogen and oxygen atoms in total. The zero-order valence-electron chi connectivity index (χ0n) is 10.2. The third-order valence-electron chi connectivity index (χ3n) is 3.58. The summed E-state index contributed by atoms with van der Waals surface area (Å²) in [6.45, 7) is 3.23. The van der Waals surface area contributed by atoms with Crippen molar-refractivity contribution in [2.45, 2.75) is 19.4 Å². The molecule has 0 radical (unpaired) electrons. The maximum Gasteiger partial charge on any atom is 0.0620 e. The Bertz CT molecular complexity index is 579. The number of rotatable bonds is 1. The minimum Gasteiger partial charge on any atom is -0.397 e. The highest BCUT2D eigenvalue weighted by molar-refractivity contribution is 7.10. The van der Waals surface area contributed by atoms with Crippen molar-refractivity contribution in [2.75, 3.05) is 17.2 Å². The van der Waals surface area contributed by atoms with Crippen LogP contribution in [0.1, 0.15) is 23.4 Å². The molecule has 1 unspecified atom stereocenters. The number of hydrogen-bond acceptors (Lipinski definition) is 3. The van der Waals surface area contributed by atoms with Crippen molar-refractivity contribution in [2.24, 2.45) is 0 Å². The van der Waals surface area contributed by atoms with Gasteiger partial charge in [0.05, 0.1) is 17.4 Å². The number of nitrogens with two attached hydrogens (primary N) is 1. The summed E-state index contributed by atoms with van der Waals surface area (Å²) in [6, 6.07) is 8.27. The third kappa shape index (κ3) is 1.88. The number of fused-ring (bicyclic) bond motifs is 1. The van der Waals surface area contributed by atoms with Gasteiger partial charge in [0.2, 0.25) is 0 Å². The molecule has 2 N–H and O–H groups in total. The van der Waals surface area contributed by atoms with Crippen LogP contribution in [0.5, 0.6) is 0 Å². The molecular formula is C14H15ClN2S. The molecule has 0 aliphatic carbocycles. The minimum absolute atomic E-state index is 0.362. The molecule has 2 heterocycles. The average Bonchev–Trinajstić information content (AvgIpc) is 2.82. The standard InChI is InChI=1S/C14H15ClN2S/c1-9-11-5-7-18-14(11)4-6-17(9)13-8-10(15)2-3-12(13)16/h2-3,5,7-9H,4,6,16H2,1H3. The average molecular weight is 279 g/mol. The summed E-state index contributed by atoms with van der Waals surface area (Å²) in [5.41, 5.74) is 9.35. The van der Waals surface area contributed by atoms with Crippen LogP contribution in [0.2, 0.25) is 5.02 Å². The molecule has 0 spiro atoms. The highest BCUT2D eigenvalue weighted by Crippen LogP contribution is 2.38. The highest BCUT2D eigenvalue weighted by Gasteiger charge is 2.26. The number of nitrogen functional groups attached to an aromatic ring is 1. The van der Waals surface area contributed by atoms with Gasteiger partial charge in [0.15, 0.2) is 0 Å². The van der Waals surface area contributed by atoms with Gasteiger partial charge in [0, 0.05) is 16.4 Å². The number of nitrogens with zero attached hydrogens (tertiary/aromatic N) is 1. The summed E-state index contributed by atoms with van der Waals surface area (Å²) in [6.07, 6.45) is 1.09. The van der Waals surface area contributed by atoms with Crippen molar-refractivity contribution in [3.8, 4) is 0 Å². The Morgan fingerprint density at radius 3 is 3.06 bits per heavy atom. The lowest BCUT2D eigenvalue weighted by molar-refractivity contribution is 0.634. The molecule has 1 atom stereocenters. The summed E-state index contributed by atoms with van der Waals surface area (Å²) >= 11 is 7.93. The molecule has 18 heavy (non-hydrogen) atoms. The Labute approximate surface area is 116 Å². The Kier molecular flexibility index (Phi) is 2.96. The fraction of sp³-hybridized carbons (Fsp3) is 0.286. The van der Waals surface area contributed by atoms with Crippen LogP contribution < -0.4 is 10.6 Å². The third-order valence-corrected chi connectivity index (χ3v) is 4.81. The zero-order chi connectivity index (χ0) is 12.7. The molecule has 4 heteroatoms. The zero-order valence-corrected chi connectivity index (χ0v) is 11.8. The van der Waals surface area contributed by atoms with E-state index in [-0.39, 0.29) is 0 Å². The van der Waals surface area contributed by atoms with Crippen LogP contribution in [0.4, 0.5) is 11.4 Å². The monoisotopic (exact) mass is 278 g/mol. The fourth-order valence-corrected chi connectivity index (χ4v) is 3.73. The van der Waals surface area contributed by atoms with E-state index in [0.29, 0.717) is 6.04 Å². The van der Waals surface area contributed by atoms with Crippen LogP contribution in [-0.2, 0) is 6.42 Å². The molecule has 0 bridgehead atoms. The van der Waals surface area contributed by atoms with E-state index in [2.05, 4.69) is 23.3 Å². The van der Waals surface area contributed by atoms with E-state index in [1.807, 2.05) is 29.5 Å². The van der Waals surface area contributed by atoms with Crippen molar-refractivity contribution in [1.82, 2.24) is 0 Å². The van der Waals surface area contributed by atoms with Crippen LogP contribution in [0.3, 0.4) is 0 Å². The van der Waals surface area contributed by atoms with Crippen LogP contribution in [0.15, 0.2) is 29.6 Å². The minimum atomic E-state index is 0.362. The van der Waals surface area contributed by atoms with Crippen molar-refractivity contribution in [1.29, 1.82) is 0 Å². The highest BCUT2D eigenvalue weighted by atomic mass is 35.5. The lowest BCUT2D eigenvalue weighted by Gasteiger charge is -2.36. The van der Waals surface area contributed by atoms with Crippen LogP contribution >= 0.6 is 22.9 Å². The molecule has 2 aromatic rings. The number of halogens is 1. The molecule has 0 saturated carbocycles. The predicted molar refractivity (Wildman–Crippen MR) is 79.6 cm³/mol. The molecule has 0 saturated heterocycles. The van der Waals surface area contributed by atoms with Gasteiger partial charge in [-0.3, -0.25) is 0 Å². The summed E-state index contributed by atoms with van der Waals surface area (Å²) < 4.78 is 0. The number of benzene rings is 1. The van der Waals surface area contributed by atoms with Gasteiger partial charge in [-0.15, -0.1) is 11.3 Å². The van der Waals surface area contributed by atoms with Gasteiger partial charge in [0.25, 0.3) is 0 Å². The maximum absolute atomic E-state index is 6.08. The van der Waals surface area contributed by atoms with Crippen molar-refractivity contribution < 1.29 is 0 Å². The van der Waals surface area contributed by atoms with Crippen molar-refractivity contribution >= 4 is 34.3 Å². The first-order valence-corrected chi connectivity index (χ1v) is 7.30. The first kappa shape index (κ1) is 11.9. The van der Waals surface area contributed by atoms with Crippen LogP contribution in [0, 0.1) is 0 Å². The van der Waals surface area contributed by atoms with Gasteiger partial charge in [0.1, 0.15) is 0 Å². The van der Waals surface area contributed by atoms with Crippen molar-refractivity contribution in [3.05, 3.63) is 45.1 Å². The molecule has 1 aliphatic heterocycles. The smallest absolute Gasteiger partial charge is 0.0620 e. The molecule has 94 valence electrons. The summed E-state index contributed by atoms with van der Waals surface area (Å²) in [5, 5.41) is 2.91. The van der Waals surface area contributed by atoms with Gasteiger partial charge in [-0.2, -0.15) is 0 Å². The Hall–Kier alpha value is -1.19. The van der Waals surface area contributed by atoms with E-state index in [1.165, 1.54) is 10.4 Å². The first-order valence-electron chi connectivity index (χ1n) is 6.05. The Morgan fingerprint density at radius 2 is 2.22 bits per heavy atom. The normalized spacial score (nSPS) is 18.8. The fourth-order valence-electron chi connectivity index (χ4n) is 2.60. The SMILES string of the molecule is CC1c2ccsc2CCN1c1cc(Cl)ccc1N. The van der Waals surface area contributed by atoms with Gasteiger partial charge < -0.3 is 10.6 Å². The summed E-state index contributed by atoms with van der Waals surface area (Å²) in [7, 11) is 0. The maximum atomic E-state index is 6.08. The van der Waals surface area contributed by atoms with Gasteiger partial charge in [-0.25, -0.2) is 0 Å². The summed E-state index contributed by atoms with van der Waals surface area (Å²) in [5.74, 6) is 0. The molecule has 3 rings (SSSR count). The lowest BCUT2D eigenvalue weighted by atomic mass is 10.0. The first-order chi connectivity index (χ1) is 8.66. The lowest BCUT2D eigenvalue weighted by Crippen LogP contribution is -2.33. The van der Waals surface area contributed by atoms with Crippen molar-refractivity contribution in [3.63, 3.8) is 0 Å². The van der Waals surface area contributed by atoms with E-state index < -0.39 is 0 Å². The topological polar surface area (TPSA) is 29.3 Å². The number of hydrogen-bond donors (Lipinski definition) is 1. The second kappa shape index (κ2) is 4.48. The predicted octanol–water partition coefficient (Wildman–Crippen LogP) is 4.11. The van der Waals surface area contributed by atoms with Gasteiger partial charge in [-0.05, 0) is 48.6 Å². The van der Waals surface area contributed by atoms with Crippen LogP contribution in [0.25, 0.3) is 0 Å². The molecule has 1 aliphatic rings. The molecular weight excluding hydrogens is 264 g/mol. The van der Waals surface area contributed by atoms with E-state index in [9.17, 15) is 0 Å². The van der Waals surface area contributed by atoms with E-state index in [4.69, 9.17) is 17.3 Å². The largest absolute Gasteiger partial charge is 0.397 e. The molecule has 0 fully saturated rings. The second-order valence-electron chi connectivity index (χ2n) is 4.62. The molecule has 1 aromatic heterocycles. The molecule has 1 aromatic carbocycles. The van der Waals surface area contributed by atoms with E-state index >= 15 is 0 Å². The molecule has 0 amide bonds. The number of anilines is 2. The van der Waals surface area contributed by atoms with Gasteiger partial charge >= 0.3 is 0 Å². The Balaban J connectivity index is 2.01. The Morgan fingerprint density at radius 1 is 1.39 bits per heavy atom. The quantitative estimate of drug-likeness (QED) is 0.796. The second-order valence-corrected chi connectivity index (χ2v) is 6.06. The van der Waals surface area contributed by atoms with Crippen LogP contribution in [-0.4, -0.2) is 6.54 Å². The van der Waals surface area contributed by atoms with Gasteiger partial charge in [-0.1, -0.05) is 11.6 Å². The van der Waals surface area contributed by atoms with E-state index in [0.717, 1.165) is 29.4 Å². The van der Waals surface area contributed by atoms with E-state index in [1.54, 1.807) is 0 Å².